The first-order chi connectivity index (χ1) is 9.81. The molecule has 1 nitrogen and oxygen atoms in total. The largest absolute Gasteiger partial charge is 0.355 e. The van der Waals surface area contributed by atoms with Crippen LogP contribution in [0, 0.1) is 0 Å². The van der Waals surface area contributed by atoms with Crippen molar-refractivity contribution in [3.63, 3.8) is 0 Å². The minimum atomic E-state index is 1.11. The molecule has 0 radical (unpaired) electrons. The molecule has 1 N–H and O–H groups in total. The van der Waals surface area contributed by atoms with Crippen LogP contribution < -0.4 is 0 Å². The van der Waals surface area contributed by atoms with Crippen molar-refractivity contribution in [3.8, 4) is 0 Å². The van der Waals surface area contributed by atoms with Crippen molar-refractivity contribution in [2.75, 3.05) is 0 Å². The quantitative estimate of drug-likeness (QED) is 0.624. The predicted octanol–water partition coefficient (Wildman–Crippen LogP) is 5.31. The summed E-state index contributed by atoms with van der Waals surface area (Å²) in [6.45, 7) is 0. The molecule has 0 amide bonds. The van der Waals surface area contributed by atoms with E-state index in [-0.39, 0.29) is 0 Å². The molecule has 1 heterocycles. The number of hydrogen-bond donors (Lipinski definition) is 1. The number of allylic oxidation sites excluding steroid dienone is 1. The Bertz CT molecular complexity index is 793. The molecule has 20 heavy (non-hydrogen) atoms. The van der Waals surface area contributed by atoms with E-state index < -0.39 is 0 Å². The summed E-state index contributed by atoms with van der Waals surface area (Å²) < 4.78 is 1.16. The van der Waals surface area contributed by atoms with Gasteiger partial charge in [-0.3, -0.25) is 0 Å². The van der Waals surface area contributed by atoms with Crippen molar-refractivity contribution in [2.24, 2.45) is 0 Å². The molecule has 0 saturated heterocycles. The maximum Gasteiger partial charge on any atom is 0.0467 e. The van der Waals surface area contributed by atoms with E-state index in [9.17, 15) is 0 Å². The number of aromatic amines is 1. The number of para-hydroxylation sites is 1. The standard InChI is InChI=1S/C18H14BrN/c19-14-8-9-15-12(10-14)5-3-6-16(15)18-11-13-4-1-2-7-17(13)20-18/h1-2,4,6-11,20H,3,5H2. The molecule has 2 heteroatoms. The number of fused-ring (bicyclic) bond motifs is 2. The van der Waals surface area contributed by atoms with Crippen LogP contribution in [0.15, 0.2) is 59.1 Å². The lowest BCUT2D eigenvalue weighted by molar-refractivity contribution is 0.974. The van der Waals surface area contributed by atoms with Crippen molar-refractivity contribution in [2.45, 2.75) is 12.8 Å². The zero-order chi connectivity index (χ0) is 13.5. The average Bonchev–Trinajstić information content (AvgIpc) is 2.90. The summed E-state index contributed by atoms with van der Waals surface area (Å²) in [4.78, 5) is 3.54. The molecule has 1 aliphatic carbocycles. The summed E-state index contributed by atoms with van der Waals surface area (Å²) >= 11 is 3.57. The molecule has 0 saturated carbocycles. The summed E-state index contributed by atoms with van der Waals surface area (Å²) in [5.41, 5.74) is 6.53. The third kappa shape index (κ3) is 1.92. The first kappa shape index (κ1) is 12.0. The minimum absolute atomic E-state index is 1.11. The molecule has 0 fully saturated rings. The van der Waals surface area contributed by atoms with Gasteiger partial charge in [0.15, 0.2) is 0 Å². The van der Waals surface area contributed by atoms with Crippen LogP contribution >= 0.6 is 15.9 Å². The minimum Gasteiger partial charge on any atom is -0.355 e. The lowest BCUT2D eigenvalue weighted by Gasteiger charge is -2.17. The number of H-pyrrole nitrogens is 1. The van der Waals surface area contributed by atoms with E-state index in [4.69, 9.17) is 0 Å². The highest BCUT2D eigenvalue weighted by Gasteiger charge is 2.15. The van der Waals surface area contributed by atoms with Crippen molar-refractivity contribution in [3.05, 3.63) is 75.9 Å². The van der Waals surface area contributed by atoms with Crippen LogP contribution in [0.3, 0.4) is 0 Å². The zero-order valence-electron chi connectivity index (χ0n) is 11.0. The van der Waals surface area contributed by atoms with Gasteiger partial charge in [0.1, 0.15) is 0 Å². The second-order valence-electron chi connectivity index (χ2n) is 5.23. The van der Waals surface area contributed by atoms with Crippen LogP contribution in [0.2, 0.25) is 0 Å². The number of benzene rings is 2. The number of aromatic nitrogens is 1. The molecule has 0 atom stereocenters. The molecule has 98 valence electrons. The van der Waals surface area contributed by atoms with Gasteiger partial charge in [-0.15, -0.1) is 0 Å². The van der Waals surface area contributed by atoms with E-state index in [2.05, 4.69) is 75.5 Å². The molecule has 0 bridgehead atoms. The number of nitrogens with one attached hydrogen (secondary N) is 1. The van der Waals surface area contributed by atoms with Gasteiger partial charge >= 0.3 is 0 Å². The van der Waals surface area contributed by atoms with Crippen molar-refractivity contribution >= 4 is 32.4 Å². The van der Waals surface area contributed by atoms with Crippen LogP contribution in [0.1, 0.15) is 23.2 Å². The zero-order valence-corrected chi connectivity index (χ0v) is 12.6. The summed E-state index contributed by atoms with van der Waals surface area (Å²) in [6.07, 6.45) is 4.58. The van der Waals surface area contributed by atoms with Gasteiger partial charge < -0.3 is 4.98 Å². The normalized spacial score (nSPS) is 14.2. The van der Waals surface area contributed by atoms with Crippen LogP contribution in [0.4, 0.5) is 0 Å². The van der Waals surface area contributed by atoms with E-state index in [1.165, 1.54) is 33.3 Å². The summed E-state index contributed by atoms with van der Waals surface area (Å²) in [7, 11) is 0. The maximum absolute atomic E-state index is 3.57. The Labute approximate surface area is 126 Å². The second kappa shape index (κ2) is 4.64. The molecule has 0 spiro atoms. The number of rotatable bonds is 1. The fraction of sp³-hybridized carbons (Fsp3) is 0.111. The predicted molar refractivity (Wildman–Crippen MR) is 87.8 cm³/mol. The van der Waals surface area contributed by atoms with E-state index in [1.807, 2.05) is 0 Å². The maximum atomic E-state index is 3.57. The third-order valence-corrected chi connectivity index (χ3v) is 4.43. The summed E-state index contributed by atoms with van der Waals surface area (Å²) in [6, 6.07) is 17.3. The Hall–Kier alpha value is -1.80. The number of aryl methyl sites for hydroxylation is 1. The Morgan fingerprint density at radius 1 is 1.00 bits per heavy atom. The van der Waals surface area contributed by atoms with Gasteiger partial charge in [0.2, 0.25) is 0 Å². The summed E-state index contributed by atoms with van der Waals surface area (Å²) in [5, 5.41) is 1.27. The van der Waals surface area contributed by atoms with Crippen molar-refractivity contribution < 1.29 is 0 Å². The molecular weight excluding hydrogens is 310 g/mol. The Morgan fingerprint density at radius 2 is 1.90 bits per heavy atom. The Kier molecular flexibility index (Phi) is 2.78. The highest BCUT2D eigenvalue weighted by molar-refractivity contribution is 9.10. The number of hydrogen-bond acceptors (Lipinski definition) is 0. The molecule has 2 aromatic carbocycles. The highest BCUT2D eigenvalue weighted by Crippen LogP contribution is 2.34. The number of halogens is 1. The van der Waals surface area contributed by atoms with E-state index in [0.29, 0.717) is 0 Å². The van der Waals surface area contributed by atoms with Gasteiger partial charge in [0.25, 0.3) is 0 Å². The molecule has 0 aliphatic heterocycles. The lowest BCUT2D eigenvalue weighted by Crippen LogP contribution is -2.01. The SMILES string of the molecule is Brc1ccc2c(c1)CCC=C2c1cc2ccccc2[nH]1. The Morgan fingerprint density at radius 3 is 2.80 bits per heavy atom. The van der Waals surface area contributed by atoms with Crippen molar-refractivity contribution in [1.29, 1.82) is 0 Å². The van der Waals surface area contributed by atoms with E-state index in [1.54, 1.807) is 0 Å². The Balaban J connectivity index is 1.88. The molecule has 1 aromatic heterocycles. The first-order valence-corrected chi connectivity index (χ1v) is 7.68. The third-order valence-electron chi connectivity index (χ3n) is 3.94. The molecule has 0 unspecified atom stereocenters. The van der Waals surface area contributed by atoms with Crippen LogP contribution in [-0.2, 0) is 6.42 Å². The van der Waals surface area contributed by atoms with Gasteiger partial charge in [-0.25, -0.2) is 0 Å². The highest BCUT2D eigenvalue weighted by atomic mass is 79.9. The molecule has 4 rings (SSSR count). The van der Waals surface area contributed by atoms with Crippen LogP contribution in [0.25, 0.3) is 16.5 Å². The van der Waals surface area contributed by atoms with E-state index in [0.717, 1.165) is 17.3 Å². The molecule has 3 aromatic rings. The van der Waals surface area contributed by atoms with Gasteiger partial charge in [-0.05, 0) is 48.2 Å². The van der Waals surface area contributed by atoms with Crippen molar-refractivity contribution in [1.82, 2.24) is 4.98 Å². The first-order valence-electron chi connectivity index (χ1n) is 6.88. The molecular formula is C18H14BrN. The monoisotopic (exact) mass is 323 g/mol. The van der Waals surface area contributed by atoms with E-state index >= 15 is 0 Å². The van der Waals surface area contributed by atoms with Crippen LogP contribution in [-0.4, -0.2) is 4.98 Å². The second-order valence-corrected chi connectivity index (χ2v) is 6.14. The fourth-order valence-corrected chi connectivity index (χ4v) is 3.40. The van der Waals surface area contributed by atoms with Gasteiger partial charge in [-0.1, -0.05) is 46.3 Å². The van der Waals surface area contributed by atoms with Gasteiger partial charge in [0.05, 0.1) is 0 Å². The molecule has 1 aliphatic rings. The summed E-state index contributed by atoms with van der Waals surface area (Å²) in [5.74, 6) is 0. The van der Waals surface area contributed by atoms with Gasteiger partial charge in [-0.2, -0.15) is 0 Å². The topological polar surface area (TPSA) is 15.8 Å². The fourth-order valence-electron chi connectivity index (χ4n) is 2.99. The lowest BCUT2D eigenvalue weighted by atomic mass is 9.89. The van der Waals surface area contributed by atoms with Gasteiger partial charge in [0, 0.05) is 26.6 Å². The average molecular weight is 324 g/mol. The van der Waals surface area contributed by atoms with Crippen LogP contribution in [0.5, 0.6) is 0 Å². The smallest absolute Gasteiger partial charge is 0.0467 e.